The number of carbonyl (C=O) groups is 1. The summed E-state index contributed by atoms with van der Waals surface area (Å²) >= 11 is 0. The van der Waals surface area contributed by atoms with Crippen molar-refractivity contribution >= 4 is 6.16 Å². The van der Waals surface area contributed by atoms with Crippen molar-refractivity contribution in [3.63, 3.8) is 0 Å². The summed E-state index contributed by atoms with van der Waals surface area (Å²) < 4.78 is 29.0. The average Bonchev–Trinajstić information content (AvgIpc) is 3.00. The Balaban J connectivity index is 1.76. The van der Waals surface area contributed by atoms with Crippen LogP contribution < -0.4 is 4.74 Å². The first-order chi connectivity index (χ1) is 9.59. The van der Waals surface area contributed by atoms with E-state index in [0.717, 1.165) is 25.7 Å². The predicted octanol–water partition coefficient (Wildman–Crippen LogP) is 3.57. The summed E-state index contributed by atoms with van der Waals surface area (Å²) in [5.41, 5.74) is -0.645. The summed E-state index contributed by atoms with van der Waals surface area (Å²) in [5.74, 6) is 0.419. The van der Waals surface area contributed by atoms with Crippen LogP contribution in [0.1, 0.15) is 25.7 Å². The Bertz CT molecular complexity index is 531. The van der Waals surface area contributed by atoms with Crippen LogP contribution in [0, 0.1) is 5.82 Å². The van der Waals surface area contributed by atoms with E-state index in [1.165, 1.54) is 24.3 Å². The van der Waals surface area contributed by atoms with Crippen LogP contribution in [0.4, 0.5) is 9.18 Å². The van der Waals surface area contributed by atoms with Gasteiger partial charge in [0.1, 0.15) is 17.3 Å². The molecule has 2 fully saturated rings. The Morgan fingerprint density at radius 2 is 1.95 bits per heavy atom. The van der Waals surface area contributed by atoms with Crippen molar-refractivity contribution in [1.29, 1.82) is 0 Å². The van der Waals surface area contributed by atoms with Gasteiger partial charge in [0, 0.05) is 0 Å². The fraction of sp³-hybridized carbons (Fsp3) is 0.400. The third-order valence-corrected chi connectivity index (χ3v) is 3.78. The Kier molecular flexibility index (Phi) is 3.12. The van der Waals surface area contributed by atoms with Gasteiger partial charge in [0.05, 0.1) is 0 Å². The lowest BCUT2D eigenvalue weighted by Crippen LogP contribution is -2.39. The fourth-order valence-electron chi connectivity index (χ4n) is 2.85. The summed E-state index contributed by atoms with van der Waals surface area (Å²) in [6.45, 7) is 3.83. The van der Waals surface area contributed by atoms with Gasteiger partial charge in [-0.2, -0.15) is 0 Å². The van der Waals surface area contributed by atoms with Crippen LogP contribution in [0.25, 0.3) is 0 Å². The predicted molar refractivity (Wildman–Crippen MR) is 68.7 cm³/mol. The van der Waals surface area contributed by atoms with Gasteiger partial charge in [-0.25, -0.2) is 9.18 Å². The molecule has 1 aliphatic carbocycles. The third kappa shape index (κ3) is 2.24. The van der Waals surface area contributed by atoms with Crippen LogP contribution in [0.2, 0.25) is 0 Å². The number of cyclic esters (lactones) is 1. The highest BCUT2D eigenvalue weighted by Crippen LogP contribution is 2.44. The van der Waals surface area contributed by atoms with Crippen molar-refractivity contribution in [2.45, 2.75) is 37.4 Å². The summed E-state index contributed by atoms with van der Waals surface area (Å²) in [6, 6.07) is 5.59. The maximum atomic E-state index is 12.8. The first kappa shape index (κ1) is 13.0. The quantitative estimate of drug-likeness (QED) is 0.626. The van der Waals surface area contributed by atoms with Gasteiger partial charge < -0.3 is 14.2 Å². The maximum Gasteiger partial charge on any atom is 0.509 e. The van der Waals surface area contributed by atoms with Gasteiger partial charge in [-0.15, -0.1) is 0 Å². The van der Waals surface area contributed by atoms with Crippen LogP contribution in [-0.4, -0.2) is 17.9 Å². The van der Waals surface area contributed by atoms with Crippen molar-refractivity contribution in [2.24, 2.45) is 0 Å². The second kappa shape index (κ2) is 4.81. The van der Waals surface area contributed by atoms with Gasteiger partial charge >= 0.3 is 6.16 Å². The van der Waals surface area contributed by atoms with E-state index in [1.807, 2.05) is 0 Å². The average molecular weight is 278 g/mol. The normalized spacial score (nSPS) is 23.4. The molecule has 1 saturated heterocycles. The molecule has 4 nitrogen and oxygen atoms in total. The molecular formula is C15H15FO4. The first-order valence-electron chi connectivity index (χ1n) is 6.61. The number of rotatable bonds is 3. The van der Waals surface area contributed by atoms with Crippen LogP contribution in [0.5, 0.6) is 5.75 Å². The molecule has 106 valence electrons. The zero-order valence-corrected chi connectivity index (χ0v) is 10.9. The lowest BCUT2D eigenvalue weighted by atomic mass is 9.94. The van der Waals surface area contributed by atoms with Gasteiger partial charge in [0.15, 0.2) is 5.60 Å². The van der Waals surface area contributed by atoms with Gasteiger partial charge in [-0.1, -0.05) is 6.58 Å². The van der Waals surface area contributed by atoms with Crippen LogP contribution >= 0.6 is 0 Å². The summed E-state index contributed by atoms with van der Waals surface area (Å²) in [6.07, 6.45) is 2.17. The number of benzene rings is 1. The number of halogens is 1. The largest absolute Gasteiger partial charge is 0.509 e. The molecule has 1 spiro atoms. The highest BCUT2D eigenvalue weighted by molar-refractivity contribution is 5.64. The van der Waals surface area contributed by atoms with Crippen LogP contribution in [-0.2, 0) is 9.47 Å². The molecule has 0 amide bonds. The molecular weight excluding hydrogens is 263 g/mol. The SMILES string of the molecule is C=C(Oc1ccc(F)cc1)C1OC(=O)OC12CCCC2. The highest BCUT2D eigenvalue weighted by atomic mass is 19.1. The van der Waals surface area contributed by atoms with E-state index >= 15 is 0 Å². The van der Waals surface area contributed by atoms with E-state index < -0.39 is 17.9 Å². The van der Waals surface area contributed by atoms with E-state index in [-0.39, 0.29) is 5.82 Å². The van der Waals surface area contributed by atoms with Gasteiger partial charge in [0.2, 0.25) is 6.10 Å². The Morgan fingerprint density at radius 1 is 1.30 bits per heavy atom. The molecule has 1 aromatic carbocycles. The molecule has 0 N–H and O–H groups in total. The number of hydrogen-bond acceptors (Lipinski definition) is 4. The zero-order chi connectivity index (χ0) is 14.2. The van der Waals surface area contributed by atoms with E-state index in [2.05, 4.69) is 6.58 Å². The van der Waals surface area contributed by atoms with E-state index in [4.69, 9.17) is 14.2 Å². The van der Waals surface area contributed by atoms with Gasteiger partial charge in [0.25, 0.3) is 0 Å². The van der Waals surface area contributed by atoms with E-state index in [1.54, 1.807) is 0 Å². The van der Waals surface area contributed by atoms with Crippen LogP contribution in [0.15, 0.2) is 36.6 Å². The molecule has 0 bridgehead atoms. The van der Waals surface area contributed by atoms with Gasteiger partial charge in [-0.3, -0.25) is 0 Å². The molecule has 1 aliphatic heterocycles. The van der Waals surface area contributed by atoms with E-state index in [0.29, 0.717) is 11.5 Å². The standard InChI is InChI=1S/C15H15FO4/c1-10(18-12-6-4-11(16)5-7-12)13-15(8-2-3-9-15)20-14(17)19-13/h4-7,13H,1-3,8-9H2. The molecule has 20 heavy (non-hydrogen) atoms. The third-order valence-electron chi connectivity index (χ3n) is 3.78. The molecule has 1 atom stereocenters. The molecule has 1 aromatic rings. The molecule has 2 aliphatic rings. The molecule has 1 saturated carbocycles. The van der Waals surface area contributed by atoms with Crippen molar-refractivity contribution in [3.8, 4) is 5.75 Å². The summed E-state index contributed by atoms with van der Waals surface area (Å²) in [7, 11) is 0. The second-order valence-electron chi connectivity index (χ2n) is 5.14. The monoisotopic (exact) mass is 278 g/mol. The molecule has 0 aromatic heterocycles. The van der Waals surface area contributed by atoms with Crippen molar-refractivity contribution in [2.75, 3.05) is 0 Å². The number of carbonyl (C=O) groups excluding carboxylic acids is 1. The second-order valence-corrected chi connectivity index (χ2v) is 5.14. The minimum absolute atomic E-state index is 0.310. The zero-order valence-electron chi connectivity index (χ0n) is 10.9. The first-order valence-corrected chi connectivity index (χ1v) is 6.61. The lowest BCUT2D eigenvalue weighted by molar-refractivity contribution is 0.0362. The topological polar surface area (TPSA) is 44.8 Å². The molecule has 3 rings (SSSR count). The van der Waals surface area contributed by atoms with Gasteiger partial charge in [-0.05, 0) is 49.9 Å². The van der Waals surface area contributed by atoms with Crippen molar-refractivity contribution in [1.82, 2.24) is 0 Å². The van der Waals surface area contributed by atoms with E-state index in [9.17, 15) is 9.18 Å². The van der Waals surface area contributed by atoms with Crippen molar-refractivity contribution < 1.29 is 23.4 Å². The fourth-order valence-corrected chi connectivity index (χ4v) is 2.85. The van der Waals surface area contributed by atoms with Crippen molar-refractivity contribution in [3.05, 3.63) is 42.4 Å². The molecule has 5 heteroatoms. The smallest absolute Gasteiger partial charge is 0.458 e. The number of hydrogen-bond donors (Lipinski definition) is 0. The summed E-state index contributed by atoms with van der Waals surface area (Å²) in [4.78, 5) is 11.4. The maximum absolute atomic E-state index is 12.8. The number of ether oxygens (including phenoxy) is 3. The summed E-state index contributed by atoms with van der Waals surface area (Å²) in [5, 5.41) is 0. The Labute approximate surface area is 116 Å². The molecule has 0 radical (unpaired) electrons. The molecule has 1 unspecified atom stereocenters. The Hall–Kier alpha value is -2.04. The Morgan fingerprint density at radius 3 is 2.60 bits per heavy atom. The minimum Gasteiger partial charge on any atom is -0.458 e. The molecule has 1 heterocycles. The lowest BCUT2D eigenvalue weighted by Gasteiger charge is -2.26. The minimum atomic E-state index is -0.680. The highest BCUT2D eigenvalue weighted by Gasteiger charge is 2.54. The van der Waals surface area contributed by atoms with Crippen LogP contribution in [0.3, 0.4) is 0 Å².